The third-order valence-corrected chi connectivity index (χ3v) is 3.55. The van der Waals surface area contributed by atoms with Crippen LogP contribution in [0.3, 0.4) is 0 Å². The van der Waals surface area contributed by atoms with E-state index >= 15 is 0 Å². The number of nitrogens with one attached hydrogen (secondary N) is 1. The molecule has 1 N–H and O–H groups in total. The number of benzene rings is 1. The van der Waals surface area contributed by atoms with E-state index in [9.17, 15) is 9.18 Å². The summed E-state index contributed by atoms with van der Waals surface area (Å²) in [6.07, 6.45) is 1.12. The second-order valence-corrected chi connectivity index (χ2v) is 4.82. The molecule has 0 aliphatic heterocycles. The van der Waals surface area contributed by atoms with Crippen molar-refractivity contribution in [2.45, 2.75) is 18.5 Å². The zero-order chi connectivity index (χ0) is 11.3. The number of aromatic nitrogens is 2. The number of hydrogen-bond donors (Lipinski definition) is 1. The highest BCUT2D eigenvalue weighted by molar-refractivity contribution is 9.10. The van der Waals surface area contributed by atoms with Gasteiger partial charge in [0.25, 0.3) is 5.56 Å². The minimum absolute atomic E-state index is 0.256. The molecule has 2 aromatic rings. The number of H-pyrrole nitrogens is 1. The molecule has 0 atom stereocenters. The number of nitrogens with zero attached hydrogens (tertiary/aromatic N) is 1. The van der Waals surface area contributed by atoms with Crippen molar-refractivity contribution in [3.63, 3.8) is 0 Å². The number of halogens is 2. The number of hydrogen-bond acceptors (Lipinski definition) is 2. The predicted molar refractivity (Wildman–Crippen MR) is 62.1 cm³/mol. The zero-order valence-corrected chi connectivity index (χ0v) is 9.84. The second-order valence-electron chi connectivity index (χ2n) is 4.07. The Hall–Kier alpha value is -1.23. The molecule has 1 aromatic carbocycles. The molecule has 1 aliphatic rings. The van der Waals surface area contributed by atoms with Crippen molar-refractivity contribution >= 4 is 26.7 Å². The minimum atomic E-state index is -1.18. The van der Waals surface area contributed by atoms with Gasteiger partial charge >= 0.3 is 0 Å². The van der Waals surface area contributed by atoms with Crippen LogP contribution in [-0.4, -0.2) is 10.2 Å². The quantitative estimate of drug-likeness (QED) is 0.874. The van der Waals surface area contributed by atoms with Gasteiger partial charge in [0.1, 0.15) is 10.3 Å². The molecule has 0 bridgehead atoms. The van der Waals surface area contributed by atoms with Gasteiger partial charge in [0.15, 0.2) is 0 Å². The Labute approximate surface area is 98.8 Å². The van der Waals surface area contributed by atoms with Crippen molar-refractivity contribution in [3.8, 4) is 0 Å². The second kappa shape index (κ2) is 3.13. The molecule has 0 spiro atoms. The molecule has 3 rings (SSSR count). The van der Waals surface area contributed by atoms with Gasteiger partial charge in [0, 0.05) is 5.39 Å². The molecule has 1 fully saturated rings. The standard InChI is InChI=1S/C11H8BrFN2O/c12-9-8-5-6(11(13)3-4-11)1-2-7(8)10(16)15-14-9/h1-2,5H,3-4H2,(H,15,16). The summed E-state index contributed by atoms with van der Waals surface area (Å²) >= 11 is 3.25. The van der Waals surface area contributed by atoms with Gasteiger partial charge in [-0.05, 0) is 46.5 Å². The summed E-state index contributed by atoms with van der Waals surface area (Å²) < 4.78 is 14.4. The third kappa shape index (κ3) is 1.38. The molecule has 16 heavy (non-hydrogen) atoms. The summed E-state index contributed by atoms with van der Waals surface area (Å²) in [7, 11) is 0. The first-order chi connectivity index (χ1) is 7.60. The highest BCUT2D eigenvalue weighted by atomic mass is 79.9. The average Bonchev–Trinajstić information content (AvgIpc) is 3.03. The maximum atomic E-state index is 13.9. The van der Waals surface area contributed by atoms with E-state index in [-0.39, 0.29) is 5.56 Å². The van der Waals surface area contributed by atoms with Crippen molar-refractivity contribution in [2.24, 2.45) is 0 Å². The van der Waals surface area contributed by atoms with Crippen LogP contribution in [-0.2, 0) is 5.67 Å². The summed E-state index contributed by atoms with van der Waals surface area (Å²) in [6, 6.07) is 5.03. The summed E-state index contributed by atoms with van der Waals surface area (Å²) in [5.41, 5.74) is -0.808. The number of rotatable bonds is 1. The molecule has 82 valence electrons. The van der Waals surface area contributed by atoms with Crippen molar-refractivity contribution in [3.05, 3.63) is 38.7 Å². The summed E-state index contributed by atoms with van der Waals surface area (Å²) in [4.78, 5) is 11.5. The van der Waals surface area contributed by atoms with Crippen LogP contribution < -0.4 is 5.56 Å². The lowest BCUT2D eigenvalue weighted by atomic mass is 10.1. The maximum Gasteiger partial charge on any atom is 0.272 e. The number of aromatic amines is 1. The van der Waals surface area contributed by atoms with Gasteiger partial charge in [-0.2, -0.15) is 5.10 Å². The molecule has 0 unspecified atom stereocenters. The van der Waals surface area contributed by atoms with E-state index in [0.29, 0.717) is 33.8 Å². The molecule has 1 heterocycles. The number of fused-ring (bicyclic) bond motifs is 1. The van der Waals surface area contributed by atoms with Gasteiger partial charge in [-0.25, -0.2) is 9.49 Å². The summed E-state index contributed by atoms with van der Waals surface area (Å²) in [5, 5.41) is 7.36. The molecule has 5 heteroatoms. The Bertz CT molecular complexity index is 633. The lowest BCUT2D eigenvalue weighted by Gasteiger charge is -2.06. The molecule has 0 amide bonds. The SMILES string of the molecule is O=c1[nH]nc(Br)c2cc(C3(F)CC3)ccc12. The van der Waals surface area contributed by atoms with Gasteiger partial charge in [-0.3, -0.25) is 4.79 Å². The Balaban J connectivity index is 2.32. The van der Waals surface area contributed by atoms with Gasteiger partial charge in [-0.1, -0.05) is 6.07 Å². The van der Waals surface area contributed by atoms with Gasteiger partial charge < -0.3 is 0 Å². The van der Waals surface area contributed by atoms with Crippen LogP contribution in [0.1, 0.15) is 18.4 Å². The van der Waals surface area contributed by atoms with Crippen LogP contribution in [0.2, 0.25) is 0 Å². The van der Waals surface area contributed by atoms with Crippen LogP contribution in [0, 0.1) is 0 Å². The van der Waals surface area contributed by atoms with Crippen molar-refractivity contribution in [2.75, 3.05) is 0 Å². The van der Waals surface area contributed by atoms with E-state index in [0.717, 1.165) is 0 Å². The topological polar surface area (TPSA) is 45.8 Å². The zero-order valence-electron chi connectivity index (χ0n) is 8.26. The fraction of sp³-hybridized carbons (Fsp3) is 0.273. The minimum Gasteiger partial charge on any atom is -0.267 e. The van der Waals surface area contributed by atoms with E-state index in [1.807, 2.05) is 0 Å². The smallest absolute Gasteiger partial charge is 0.267 e. The molecular weight excluding hydrogens is 275 g/mol. The molecule has 3 nitrogen and oxygen atoms in total. The maximum absolute atomic E-state index is 13.9. The molecule has 1 aromatic heterocycles. The van der Waals surface area contributed by atoms with E-state index < -0.39 is 5.67 Å². The highest BCUT2D eigenvalue weighted by Gasteiger charge is 2.44. The van der Waals surface area contributed by atoms with Crippen LogP contribution in [0.15, 0.2) is 27.6 Å². The first kappa shape index (κ1) is 9.96. The molecule has 1 saturated carbocycles. The Morgan fingerprint density at radius 1 is 1.38 bits per heavy atom. The predicted octanol–water partition coefficient (Wildman–Crippen LogP) is 2.64. The van der Waals surface area contributed by atoms with Gasteiger partial charge in [0.05, 0.1) is 5.39 Å². The Morgan fingerprint density at radius 3 is 2.81 bits per heavy atom. The lowest BCUT2D eigenvalue weighted by Crippen LogP contribution is -2.09. The van der Waals surface area contributed by atoms with Crippen molar-refractivity contribution in [1.29, 1.82) is 0 Å². The molecule has 1 aliphatic carbocycles. The van der Waals surface area contributed by atoms with E-state index in [2.05, 4.69) is 26.1 Å². The van der Waals surface area contributed by atoms with Gasteiger partial charge in [0.2, 0.25) is 0 Å². The monoisotopic (exact) mass is 282 g/mol. The Morgan fingerprint density at radius 2 is 2.12 bits per heavy atom. The highest BCUT2D eigenvalue weighted by Crippen LogP contribution is 2.50. The first-order valence-corrected chi connectivity index (χ1v) is 5.77. The van der Waals surface area contributed by atoms with E-state index in [4.69, 9.17) is 0 Å². The van der Waals surface area contributed by atoms with E-state index in [1.165, 1.54) is 0 Å². The van der Waals surface area contributed by atoms with Crippen molar-refractivity contribution < 1.29 is 4.39 Å². The van der Waals surface area contributed by atoms with Crippen LogP contribution in [0.25, 0.3) is 10.8 Å². The molecular formula is C11H8BrFN2O. The summed E-state index contributed by atoms with van der Waals surface area (Å²) in [5.74, 6) is 0. The van der Waals surface area contributed by atoms with Crippen LogP contribution >= 0.6 is 15.9 Å². The fourth-order valence-electron chi connectivity index (χ4n) is 1.81. The third-order valence-electron chi connectivity index (χ3n) is 2.95. The Kier molecular flexibility index (Phi) is 1.95. The van der Waals surface area contributed by atoms with E-state index in [1.54, 1.807) is 18.2 Å². The largest absolute Gasteiger partial charge is 0.272 e. The van der Waals surface area contributed by atoms with Crippen molar-refractivity contribution in [1.82, 2.24) is 10.2 Å². The molecule has 0 saturated heterocycles. The lowest BCUT2D eigenvalue weighted by molar-refractivity contribution is 0.318. The van der Waals surface area contributed by atoms with Gasteiger partial charge in [-0.15, -0.1) is 0 Å². The fourth-order valence-corrected chi connectivity index (χ4v) is 2.23. The summed E-state index contributed by atoms with van der Waals surface area (Å²) in [6.45, 7) is 0. The molecule has 0 radical (unpaired) electrons. The van der Waals surface area contributed by atoms with Crippen LogP contribution in [0.4, 0.5) is 4.39 Å². The first-order valence-electron chi connectivity index (χ1n) is 4.97. The normalized spacial score (nSPS) is 17.6. The number of alkyl halides is 1. The van der Waals surface area contributed by atoms with Crippen LogP contribution in [0.5, 0.6) is 0 Å². The average molecular weight is 283 g/mol.